The van der Waals surface area contributed by atoms with Gasteiger partial charge in [-0.25, -0.2) is 14.0 Å². The third-order valence-corrected chi connectivity index (χ3v) is 3.19. The van der Waals surface area contributed by atoms with Gasteiger partial charge in [-0.1, -0.05) is 6.07 Å². The maximum Gasteiger partial charge on any atom is 0.341 e. The van der Waals surface area contributed by atoms with E-state index in [9.17, 15) is 14.0 Å². The molecular weight excluding hydrogens is 303 g/mol. The maximum atomic E-state index is 14.1. The Hall–Kier alpha value is -2.89. The van der Waals surface area contributed by atoms with E-state index in [-0.39, 0.29) is 17.7 Å². The van der Waals surface area contributed by atoms with Crippen LogP contribution in [-0.4, -0.2) is 30.8 Å². The third kappa shape index (κ3) is 3.66. The van der Waals surface area contributed by atoms with Crippen LogP contribution in [0.5, 0.6) is 5.75 Å². The first-order valence-corrected chi connectivity index (χ1v) is 6.85. The van der Waals surface area contributed by atoms with Gasteiger partial charge in [-0.15, -0.1) is 0 Å². The van der Waals surface area contributed by atoms with E-state index in [1.54, 1.807) is 13.0 Å². The van der Waals surface area contributed by atoms with E-state index < -0.39 is 17.8 Å². The van der Waals surface area contributed by atoms with E-state index in [0.29, 0.717) is 16.9 Å². The van der Waals surface area contributed by atoms with Crippen molar-refractivity contribution in [2.75, 3.05) is 13.7 Å². The van der Waals surface area contributed by atoms with E-state index in [1.807, 2.05) is 0 Å². The number of hydrogen-bond acceptors (Lipinski definition) is 4. The summed E-state index contributed by atoms with van der Waals surface area (Å²) in [6.07, 6.45) is 0. The molecule has 0 atom stereocenters. The van der Waals surface area contributed by atoms with E-state index in [2.05, 4.69) is 0 Å². The number of rotatable bonds is 5. The molecule has 23 heavy (non-hydrogen) atoms. The molecule has 2 rings (SSSR count). The minimum Gasteiger partial charge on any atom is -0.497 e. The number of esters is 1. The molecule has 0 amide bonds. The zero-order chi connectivity index (χ0) is 17.0. The van der Waals surface area contributed by atoms with Crippen LogP contribution in [0.2, 0.25) is 0 Å². The van der Waals surface area contributed by atoms with Gasteiger partial charge in [-0.2, -0.15) is 0 Å². The van der Waals surface area contributed by atoms with Gasteiger partial charge < -0.3 is 14.6 Å². The molecule has 0 radical (unpaired) electrons. The molecule has 0 fully saturated rings. The van der Waals surface area contributed by atoms with E-state index in [1.165, 1.54) is 31.4 Å². The molecule has 0 aliphatic heterocycles. The molecule has 120 valence electrons. The number of hydrogen-bond donors (Lipinski definition) is 1. The Morgan fingerprint density at radius 2 is 1.87 bits per heavy atom. The van der Waals surface area contributed by atoms with Gasteiger partial charge in [0, 0.05) is 0 Å². The van der Waals surface area contributed by atoms with Gasteiger partial charge in [0.05, 0.1) is 24.8 Å². The molecule has 0 unspecified atom stereocenters. The fourth-order valence-electron chi connectivity index (χ4n) is 2.08. The van der Waals surface area contributed by atoms with Gasteiger partial charge in [-0.3, -0.25) is 0 Å². The molecule has 0 aliphatic rings. The van der Waals surface area contributed by atoms with Gasteiger partial charge in [0.2, 0.25) is 0 Å². The van der Waals surface area contributed by atoms with Crippen molar-refractivity contribution >= 4 is 11.9 Å². The van der Waals surface area contributed by atoms with Crippen LogP contribution >= 0.6 is 0 Å². The Labute approximate surface area is 132 Å². The normalized spacial score (nSPS) is 10.2. The lowest BCUT2D eigenvalue weighted by molar-refractivity contribution is 0.0520. The first-order valence-electron chi connectivity index (χ1n) is 6.85. The molecule has 0 saturated heterocycles. The smallest absolute Gasteiger partial charge is 0.341 e. The van der Waals surface area contributed by atoms with Crippen LogP contribution in [0.3, 0.4) is 0 Å². The number of aromatic carboxylic acids is 1. The number of carboxylic acid groups (broad SMARTS) is 1. The summed E-state index contributed by atoms with van der Waals surface area (Å²) in [7, 11) is 1.41. The summed E-state index contributed by atoms with van der Waals surface area (Å²) in [5, 5.41) is 9.12. The summed E-state index contributed by atoms with van der Waals surface area (Å²) in [4.78, 5) is 22.7. The monoisotopic (exact) mass is 318 g/mol. The number of carboxylic acids is 1. The second-order valence-electron chi connectivity index (χ2n) is 4.67. The zero-order valence-corrected chi connectivity index (χ0v) is 12.6. The van der Waals surface area contributed by atoms with Crippen molar-refractivity contribution in [1.82, 2.24) is 0 Å². The molecule has 0 spiro atoms. The lowest BCUT2D eigenvalue weighted by atomic mass is 10.0. The van der Waals surface area contributed by atoms with Crippen LogP contribution < -0.4 is 4.74 Å². The maximum absolute atomic E-state index is 14.1. The summed E-state index contributed by atoms with van der Waals surface area (Å²) in [6, 6.07) is 8.36. The Morgan fingerprint density at radius 3 is 2.43 bits per heavy atom. The lowest BCUT2D eigenvalue weighted by Crippen LogP contribution is -2.07. The zero-order valence-electron chi connectivity index (χ0n) is 12.6. The fraction of sp³-hybridized carbons (Fsp3) is 0.176. The van der Waals surface area contributed by atoms with Crippen molar-refractivity contribution in [2.24, 2.45) is 0 Å². The largest absolute Gasteiger partial charge is 0.497 e. The van der Waals surface area contributed by atoms with Crippen LogP contribution in [0.4, 0.5) is 4.39 Å². The highest BCUT2D eigenvalue weighted by Gasteiger charge is 2.15. The predicted octanol–water partition coefficient (Wildman–Crippen LogP) is 3.38. The minimum atomic E-state index is -1.12. The molecule has 0 bridgehead atoms. The quantitative estimate of drug-likeness (QED) is 0.856. The van der Waals surface area contributed by atoms with Gasteiger partial charge in [0.25, 0.3) is 0 Å². The van der Waals surface area contributed by atoms with Crippen LogP contribution in [0, 0.1) is 5.82 Å². The summed E-state index contributed by atoms with van der Waals surface area (Å²) in [5.74, 6) is -2.25. The molecule has 0 aliphatic carbocycles. The summed E-state index contributed by atoms with van der Waals surface area (Å²) >= 11 is 0. The molecule has 0 saturated carbocycles. The average molecular weight is 318 g/mol. The highest BCUT2D eigenvalue weighted by atomic mass is 19.1. The topological polar surface area (TPSA) is 72.8 Å². The Balaban J connectivity index is 2.46. The highest BCUT2D eigenvalue weighted by Crippen LogP contribution is 2.27. The van der Waals surface area contributed by atoms with Crippen molar-refractivity contribution in [2.45, 2.75) is 6.92 Å². The van der Waals surface area contributed by atoms with Crippen LogP contribution in [0.25, 0.3) is 11.1 Å². The number of benzene rings is 2. The number of ether oxygens (including phenoxy) is 2. The number of methoxy groups -OCH3 is 1. The second-order valence-corrected chi connectivity index (χ2v) is 4.67. The Kier molecular flexibility index (Phi) is 4.95. The average Bonchev–Trinajstić information content (AvgIpc) is 2.54. The number of halogens is 1. The van der Waals surface area contributed by atoms with Crippen molar-refractivity contribution in [1.29, 1.82) is 0 Å². The molecule has 1 N–H and O–H groups in total. The first-order chi connectivity index (χ1) is 11.0. The highest BCUT2D eigenvalue weighted by molar-refractivity contribution is 5.92. The summed E-state index contributed by atoms with van der Waals surface area (Å²) < 4.78 is 23.9. The molecular formula is C17H15FO5. The van der Waals surface area contributed by atoms with Crippen LogP contribution in [0.15, 0.2) is 36.4 Å². The van der Waals surface area contributed by atoms with E-state index in [0.717, 1.165) is 6.07 Å². The molecule has 5 nitrogen and oxygen atoms in total. The van der Waals surface area contributed by atoms with Crippen LogP contribution in [0.1, 0.15) is 27.6 Å². The molecule has 6 heteroatoms. The molecule has 2 aromatic rings. The molecule has 0 aromatic heterocycles. The predicted molar refractivity (Wildman–Crippen MR) is 81.3 cm³/mol. The summed E-state index contributed by atoms with van der Waals surface area (Å²) in [6.45, 7) is 1.78. The fourth-order valence-corrected chi connectivity index (χ4v) is 2.08. The second kappa shape index (κ2) is 6.91. The van der Waals surface area contributed by atoms with E-state index in [4.69, 9.17) is 14.6 Å². The first kappa shape index (κ1) is 16.5. The van der Waals surface area contributed by atoms with Crippen LogP contribution in [-0.2, 0) is 4.74 Å². The Morgan fingerprint density at radius 1 is 1.13 bits per heavy atom. The van der Waals surface area contributed by atoms with Crippen molar-refractivity contribution in [3.63, 3.8) is 0 Å². The van der Waals surface area contributed by atoms with Gasteiger partial charge in [0.15, 0.2) is 0 Å². The SMILES string of the molecule is CCOC(=O)c1ccc(-c2cc(OC)cc(C(=O)O)c2)cc1F. The van der Waals surface area contributed by atoms with Crippen molar-refractivity contribution in [3.05, 3.63) is 53.3 Å². The van der Waals surface area contributed by atoms with Gasteiger partial charge in [0.1, 0.15) is 11.6 Å². The van der Waals surface area contributed by atoms with Crippen molar-refractivity contribution < 1.29 is 28.6 Å². The summed E-state index contributed by atoms with van der Waals surface area (Å²) in [5.41, 5.74) is 0.749. The lowest BCUT2D eigenvalue weighted by Gasteiger charge is -2.09. The van der Waals surface area contributed by atoms with Gasteiger partial charge in [-0.05, 0) is 48.4 Å². The number of carbonyl (C=O) groups excluding carboxylic acids is 1. The molecule has 0 heterocycles. The number of carbonyl (C=O) groups is 2. The minimum absolute atomic E-state index is 0.0224. The van der Waals surface area contributed by atoms with E-state index >= 15 is 0 Å². The molecule has 2 aromatic carbocycles. The van der Waals surface area contributed by atoms with Crippen molar-refractivity contribution in [3.8, 4) is 16.9 Å². The third-order valence-electron chi connectivity index (χ3n) is 3.19. The van der Waals surface area contributed by atoms with Gasteiger partial charge >= 0.3 is 11.9 Å². The Bertz CT molecular complexity index is 755. The standard InChI is InChI=1S/C17H15FO5/c1-3-23-17(21)14-5-4-10(9-15(14)18)11-6-12(16(19)20)8-13(7-11)22-2/h4-9H,3H2,1-2H3,(H,19,20).